The normalized spacial score (nSPS) is 13.1. The second kappa shape index (κ2) is 13.1. The smallest absolute Gasteiger partial charge is 0.230 e. The largest absolute Gasteiger partial charge is 0.507 e. The molecule has 2 heterocycles. The van der Waals surface area contributed by atoms with Crippen LogP contribution in [0.4, 0.5) is 0 Å². The van der Waals surface area contributed by atoms with Gasteiger partial charge in [-0.05, 0) is 51.9 Å². The third kappa shape index (κ3) is 6.57. The Morgan fingerprint density at radius 1 is 0.745 bits per heavy atom. The van der Waals surface area contributed by atoms with E-state index in [0.29, 0.717) is 22.6 Å². The number of aromatic hydroxyl groups is 1. The number of oxazole rings is 1. The van der Waals surface area contributed by atoms with Gasteiger partial charge >= 0.3 is 0 Å². The van der Waals surface area contributed by atoms with Crippen molar-refractivity contribution in [1.29, 1.82) is 0 Å². The van der Waals surface area contributed by atoms with Crippen LogP contribution in [0.5, 0.6) is 5.75 Å². The van der Waals surface area contributed by atoms with Gasteiger partial charge in [0.15, 0.2) is 0 Å². The summed E-state index contributed by atoms with van der Waals surface area (Å²) in [5.74, 6) is -0.704. The van der Waals surface area contributed by atoms with Crippen LogP contribution in [0.2, 0.25) is 0 Å². The van der Waals surface area contributed by atoms with Gasteiger partial charge in [0, 0.05) is 40.2 Å². The first kappa shape index (κ1) is 30.8. The van der Waals surface area contributed by atoms with Gasteiger partial charge in [-0.15, -0.1) is 29.3 Å². The Balaban J connectivity index is 0.00000401. The van der Waals surface area contributed by atoms with Crippen LogP contribution in [0.3, 0.4) is 0 Å². The molecule has 1 unspecified atom stereocenters. The molecule has 7 aromatic rings. The molecule has 0 aliphatic carbocycles. The van der Waals surface area contributed by atoms with Gasteiger partial charge < -0.3 is 9.52 Å². The van der Waals surface area contributed by atoms with Crippen LogP contribution in [-0.4, -0.2) is 15.1 Å². The zero-order valence-corrected chi connectivity index (χ0v) is 29.0. The number of phenolic OH excluding ortho intramolecular Hbond substituents is 1. The molecule has 5 aromatic carbocycles. The molecule has 4 nitrogen and oxygen atoms in total. The molecule has 7 rings (SSSR count). The molecular formula is C42H35N2O2Pt-. The van der Waals surface area contributed by atoms with Crippen LogP contribution in [0.1, 0.15) is 51.7 Å². The average Bonchev–Trinajstić information content (AvgIpc) is 3.53. The maximum atomic E-state index is 11.0. The summed E-state index contributed by atoms with van der Waals surface area (Å²) in [5, 5.41) is 11.0. The molecule has 0 fully saturated rings. The van der Waals surface area contributed by atoms with Gasteiger partial charge in [0.2, 0.25) is 5.89 Å². The summed E-state index contributed by atoms with van der Waals surface area (Å²) < 4.78 is 15.5. The van der Waals surface area contributed by atoms with Crippen LogP contribution in [-0.2, 0) is 26.5 Å². The van der Waals surface area contributed by atoms with E-state index < -0.39 is 5.89 Å². The maximum Gasteiger partial charge on any atom is 0.230 e. The van der Waals surface area contributed by atoms with Crippen molar-refractivity contribution in [2.75, 3.05) is 0 Å². The van der Waals surface area contributed by atoms with Gasteiger partial charge in [0.25, 0.3) is 0 Å². The topological polar surface area (TPSA) is 59.2 Å². The summed E-state index contributed by atoms with van der Waals surface area (Å²) in [4.78, 5) is 9.69. The van der Waals surface area contributed by atoms with Crippen molar-refractivity contribution in [1.82, 2.24) is 9.97 Å². The first-order chi connectivity index (χ1) is 22.6. The molecular weight excluding hydrogens is 760 g/mol. The number of pyridine rings is 1. The SMILES string of the molecule is [2H]C(C)(c1ccccc1)c1ccc(O)c(-c2nc3c(-c4[c-]c(-c5cc(-c6ccccc6)ccn5)cc(C(C)(C)C)c4)cccc3o2)c1.[Pt]. The van der Waals surface area contributed by atoms with E-state index >= 15 is 0 Å². The minimum absolute atomic E-state index is 0. The molecule has 2 aromatic heterocycles. The molecule has 0 saturated carbocycles. The number of benzene rings is 5. The first-order valence-electron chi connectivity index (χ1n) is 16.0. The van der Waals surface area contributed by atoms with Crippen LogP contribution in [0.25, 0.3) is 56.1 Å². The fourth-order valence-corrected chi connectivity index (χ4v) is 5.75. The molecule has 0 saturated heterocycles. The van der Waals surface area contributed by atoms with Gasteiger partial charge in [-0.3, -0.25) is 4.98 Å². The third-order valence-corrected chi connectivity index (χ3v) is 8.45. The Kier molecular flexibility index (Phi) is 8.62. The second-order valence-electron chi connectivity index (χ2n) is 12.6. The van der Waals surface area contributed by atoms with Crippen molar-refractivity contribution in [3.05, 3.63) is 150 Å². The fraction of sp³-hybridized carbons (Fsp3) is 0.143. The second-order valence-corrected chi connectivity index (χ2v) is 12.6. The molecule has 0 spiro atoms. The molecule has 1 N–H and O–H groups in total. The van der Waals surface area contributed by atoms with Gasteiger partial charge in [-0.1, -0.05) is 124 Å². The predicted molar refractivity (Wildman–Crippen MR) is 187 cm³/mol. The number of nitrogens with zero attached hydrogens (tertiary/aromatic N) is 2. The number of para-hydroxylation sites is 1. The molecule has 47 heavy (non-hydrogen) atoms. The maximum absolute atomic E-state index is 11.0. The van der Waals surface area contributed by atoms with Crippen molar-refractivity contribution < 1.29 is 32.0 Å². The van der Waals surface area contributed by atoms with Gasteiger partial charge in [0.1, 0.15) is 11.3 Å². The molecule has 1 atom stereocenters. The standard InChI is InChI=1S/C42H35N2O2.Pt/c1-27(28-12-7-5-8-13-28)30-18-19-38(45)36(25-30)41-44-40-35(16-11-17-39(40)46-41)32-22-33(24-34(23-32)42(2,3)4)37-26-31(20-21-43-37)29-14-9-6-10-15-29;/h5-21,23-27,45H,1-4H3;/q-1;/i27D;. The summed E-state index contributed by atoms with van der Waals surface area (Å²) in [7, 11) is 0. The van der Waals surface area contributed by atoms with E-state index in [9.17, 15) is 6.48 Å². The zero-order chi connectivity index (χ0) is 32.8. The van der Waals surface area contributed by atoms with Gasteiger partial charge in [-0.2, -0.15) is 0 Å². The van der Waals surface area contributed by atoms with E-state index in [2.05, 4.69) is 57.2 Å². The van der Waals surface area contributed by atoms with Crippen LogP contribution < -0.4 is 0 Å². The van der Waals surface area contributed by atoms with Crippen LogP contribution in [0.15, 0.2) is 132 Å². The molecule has 0 radical (unpaired) electrons. The Morgan fingerprint density at radius 3 is 2.21 bits per heavy atom. The van der Waals surface area contributed by atoms with Crippen LogP contribution >= 0.6 is 0 Å². The molecule has 0 bridgehead atoms. The number of rotatable bonds is 6. The summed E-state index contributed by atoms with van der Waals surface area (Å²) in [6.45, 7) is 8.44. The van der Waals surface area contributed by atoms with Crippen molar-refractivity contribution in [3.63, 3.8) is 0 Å². The Labute approximate surface area is 291 Å². The predicted octanol–water partition coefficient (Wildman–Crippen LogP) is 10.8. The number of phenols is 1. The Bertz CT molecular complexity index is 2220. The molecule has 236 valence electrons. The van der Waals surface area contributed by atoms with Crippen molar-refractivity contribution >= 4 is 11.1 Å². The van der Waals surface area contributed by atoms with Gasteiger partial charge in [-0.25, -0.2) is 4.98 Å². The average molecular weight is 796 g/mol. The quantitative estimate of drug-likeness (QED) is 0.170. The number of aromatic nitrogens is 2. The monoisotopic (exact) mass is 795 g/mol. The van der Waals surface area contributed by atoms with E-state index in [-0.39, 0.29) is 32.2 Å². The zero-order valence-electron chi connectivity index (χ0n) is 27.7. The van der Waals surface area contributed by atoms with Crippen molar-refractivity contribution in [3.8, 4) is 50.7 Å². The Hall–Kier alpha value is -4.79. The summed E-state index contributed by atoms with van der Waals surface area (Å²) in [6.07, 6.45) is 1.85. The molecule has 0 aliphatic rings. The molecule has 5 heteroatoms. The van der Waals surface area contributed by atoms with Gasteiger partial charge in [0.05, 0.1) is 11.1 Å². The van der Waals surface area contributed by atoms with Crippen molar-refractivity contribution in [2.24, 2.45) is 0 Å². The summed E-state index contributed by atoms with van der Waals surface area (Å²) in [6, 6.07) is 43.1. The summed E-state index contributed by atoms with van der Waals surface area (Å²) in [5.41, 5.74) is 10.00. The minimum Gasteiger partial charge on any atom is -0.507 e. The van der Waals surface area contributed by atoms with E-state index in [1.165, 1.54) is 0 Å². The van der Waals surface area contributed by atoms with E-state index in [1.807, 2.05) is 85.9 Å². The third-order valence-electron chi connectivity index (χ3n) is 8.45. The molecule has 0 aliphatic heterocycles. The van der Waals surface area contributed by atoms with Crippen LogP contribution in [0, 0.1) is 6.07 Å². The van der Waals surface area contributed by atoms with E-state index in [4.69, 9.17) is 14.4 Å². The van der Waals surface area contributed by atoms with E-state index in [0.717, 1.165) is 50.2 Å². The number of hydrogen-bond acceptors (Lipinski definition) is 4. The fourth-order valence-electron chi connectivity index (χ4n) is 5.75. The summed E-state index contributed by atoms with van der Waals surface area (Å²) >= 11 is 0. The van der Waals surface area contributed by atoms with Crippen molar-refractivity contribution in [2.45, 2.75) is 39.0 Å². The number of fused-ring (bicyclic) bond motifs is 1. The number of hydrogen-bond donors (Lipinski definition) is 1. The first-order valence-corrected chi connectivity index (χ1v) is 15.5. The minimum atomic E-state index is -1.04. The van der Waals surface area contributed by atoms with E-state index in [1.54, 1.807) is 18.2 Å². The Morgan fingerprint density at radius 2 is 1.47 bits per heavy atom. The molecule has 0 amide bonds.